The van der Waals surface area contributed by atoms with Crippen molar-refractivity contribution in [2.24, 2.45) is 5.10 Å². The Bertz CT molecular complexity index is 1190. The summed E-state index contributed by atoms with van der Waals surface area (Å²) in [6, 6.07) is 8.79. The highest BCUT2D eigenvalue weighted by Gasteiger charge is 2.15. The second kappa shape index (κ2) is 11.1. The lowest BCUT2D eigenvalue weighted by atomic mass is 10.2. The summed E-state index contributed by atoms with van der Waals surface area (Å²) in [6.45, 7) is 1.74. The molecule has 0 saturated heterocycles. The highest BCUT2D eigenvalue weighted by Crippen LogP contribution is 2.36. The summed E-state index contributed by atoms with van der Waals surface area (Å²) in [5.74, 6) is -0.0828. The Hall–Kier alpha value is -2.12. The first-order valence-corrected chi connectivity index (χ1v) is 11.9. The number of hydrogen-bond donors (Lipinski definition) is 1. The monoisotopic (exact) mass is 678 g/mol. The van der Waals surface area contributed by atoms with E-state index >= 15 is 0 Å². The number of methoxy groups -OCH3 is 1. The molecule has 1 amide bonds. The zero-order chi connectivity index (χ0) is 23.3. The first-order valence-electron chi connectivity index (χ1n) is 9.20. The lowest BCUT2D eigenvalue weighted by molar-refractivity contribution is -0.145. The van der Waals surface area contributed by atoms with Crippen LogP contribution < -0.4 is 14.9 Å². The second-order valence-corrected chi connectivity index (χ2v) is 9.18. The molecule has 0 aliphatic heterocycles. The Morgan fingerprint density at radius 3 is 2.72 bits per heavy atom. The van der Waals surface area contributed by atoms with E-state index < -0.39 is 11.9 Å². The fourth-order valence-corrected chi connectivity index (χ4v) is 4.93. The van der Waals surface area contributed by atoms with Crippen molar-refractivity contribution in [3.8, 4) is 11.5 Å². The van der Waals surface area contributed by atoms with Gasteiger partial charge >= 0.3 is 11.9 Å². The third-order valence-corrected chi connectivity index (χ3v) is 5.88. The summed E-state index contributed by atoms with van der Waals surface area (Å²) in [4.78, 5) is 24.0. The van der Waals surface area contributed by atoms with Gasteiger partial charge in [-0.05, 0) is 81.3 Å². The number of benzene rings is 2. The Morgan fingerprint density at radius 2 is 2.00 bits per heavy atom. The molecule has 0 unspecified atom stereocenters. The second-order valence-electron chi connectivity index (χ2n) is 6.24. The number of carbonyl (C=O) groups is 2. The summed E-state index contributed by atoms with van der Waals surface area (Å²) in [6.07, 6.45) is 1.45. The molecule has 1 N–H and O–H groups in total. The number of halogens is 3. The van der Waals surface area contributed by atoms with Gasteiger partial charge in [0.1, 0.15) is 5.58 Å². The molecule has 0 saturated carbocycles. The lowest BCUT2D eigenvalue weighted by Crippen LogP contribution is -2.16. The SMILES string of the molecule is CCOC(=O)COc1c(Br)cc(/C=N\NC(=O)c2cc3cc(Br)cc(I)c3o2)cc1OC. The molecule has 0 radical (unpaired) electrons. The van der Waals surface area contributed by atoms with Crippen LogP contribution in [0.2, 0.25) is 0 Å². The number of rotatable bonds is 8. The number of esters is 1. The predicted molar refractivity (Wildman–Crippen MR) is 135 cm³/mol. The van der Waals surface area contributed by atoms with Crippen LogP contribution in [0, 0.1) is 3.57 Å². The molecule has 0 bridgehead atoms. The van der Waals surface area contributed by atoms with Crippen LogP contribution in [0.1, 0.15) is 23.0 Å². The average molecular weight is 680 g/mol. The summed E-state index contributed by atoms with van der Waals surface area (Å²) < 4.78 is 23.7. The summed E-state index contributed by atoms with van der Waals surface area (Å²) in [5, 5.41) is 4.80. The lowest BCUT2D eigenvalue weighted by Gasteiger charge is -2.13. The molecule has 0 aliphatic carbocycles. The number of carbonyl (C=O) groups excluding carboxylic acids is 2. The normalized spacial score (nSPS) is 11.0. The average Bonchev–Trinajstić information content (AvgIpc) is 3.17. The first-order chi connectivity index (χ1) is 15.3. The maximum atomic E-state index is 12.4. The first kappa shape index (κ1) is 24.5. The van der Waals surface area contributed by atoms with Crippen LogP contribution >= 0.6 is 54.5 Å². The number of fused-ring (bicyclic) bond motifs is 1. The number of nitrogens with zero attached hydrogens (tertiary/aromatic N) is 1. The molecular weight excluding hydrogens is 663 g/mol. The molecule has 1 heterocycles. The minimum absolute atomic E-state index is 0.148. The van der Waals surface area contributed by atoms with E-state index in [1.807, 2.05) is 12.1 Å². The molecule has 168 valence electrons. The molecule has 8 nitrogen and oxygen atoms in total. The van der Waals surface area contributed by atoms with E-state index in [4.69, 9.17) is 18.6 Å². The van der Waals surface area contributed by atoms with Crippen LogP contribution in [-0.2, 0) is 9.53 Å². The number of hydrazone groups is 1. The maximum Gasteiger partial charge on any atom is 0.344 e. The van der Waals surface area contributed by atoms with Gasteiger partial charge in [-0.15, -0.1) is 0 Å². The van der Waals surface area contributed by atoms with E-state index in [0.717, 1.165) is 13.4 Å². The Balaban J connectivity index is 1.71. The van der Waals surface area contributed by atoms with Gasteiger partial charge in [0, 0.05) is 9.86 Å². The van der Waals surface area contributed by atoms with E-state index in [0.29, 0.717) is 27.1 Å². The van der Waals surface area contributed by atoms with E-state index in [1.54, 1.807) is 25.1 Å². The maximum absolute atomic E-state index is 12.4. The molecule has 2 aromatic carbocycles. The van der Waals surface area contributed by atoms with Gasteiger partial charge in [0.2, 0.25) is 0 Å². The Labute approximate surface area is 214 Å². The molecule has 3 rings (SSSR count). The van der Waals surface area contributed by atoms with E-state index in [2.05, 4.69) is 65.0 Å². The van der Waals surface area contributed by atoms with Gasteiger partial charge in [0.15, 0.2) is 23.9 Å². The highest BCUT2D eigenvalue weighted by molar-refractivity contribution is 14.1. The predicted octanol–water partition coefficient (Wildman–Crippen LogP) is 5.28. The van der Waals surface area contributed by atoms with E-state index in [9.17, 15) is 9.59 Å². The highest BCUT2D eigenvalue weighted by atomic mass is 127. The standard InChI is InChI=1S/C21H17Br2IN2O6/c1-3-30-18(27)10-31-20-14(23)4-11(5-16(20)29-2)9-25-26-21(28)17-7-12-6-13(22)8-15(24)19(12)32-17/h4-9H,3,10H2,1-2H3,(H,26,28)/b25-9-. The van der Waals surface area contributed by atoms with E-state index in [-0.39, 0.29) is 19.0 Å². The van der Waals surface area contributed by atoms with E-state index in [1.165, 1.54) is 13.3 Å². The van der Waals surface area contributed by atoms with Crippen molar-refractivity contribution in [1.29, 1.82) is 0 Å². The van der Waals surface area contributed by atoms with Gasteiger partial charge in [0.25, 0.3) is 0 Å². The van der Waals surface area contributed by atoms with Gasteiger partial charge in [0.05, 0.1) is 28.0 Å². The van der Waals surface area contributed by atoms with Crippen LogP contribution in [0.3, 0.4) is 0 Å². The fraction of sp³-hybridized carbons (Fsp3) is 0.190. The zero-order valence-electron chi connectivity index (χ0n) is 16.9. The number of hydrogen-bond acceptors (Lipinski definition) is 7. The van der Waals surface area contributed by atoms with Gasteiger partial charge in [-0.2, -0.15) is 5.10 Å². The number of nitrogens with one attached hydrogen (secondary N) is 1. The van der Waals surface area contributed by atoms with Crippen LogP contribution in [0.4, 0.5) is 0 Å². The molecule has 3 aromatic rings. The quantitative estimate of drug-likeness (QED) is 0.151. The number of ether oxygens (including phenoxy) is 3. The van der Waals surface area contributed by atoms with Crippen molar-refractivity contribution in [2.75, 3.05) is 20.3 Å². The summed E-state index contributed by atoms with van der Waals surface area (Å²) in [5.41, 5.74) is 3.70. The van der Waals surface area contributed by atoms with Crippen molar-refractivity contribution in [1.82, 2.24) is 5.43 Å². The third-order valence-electron chi connectivity index (χ3n) is 4.03. The minimum atomic E-state index is -0.484. The van der Waals surface area contributed by atoms with Crippen molar-refractivity contribution in [2.45, 2.75) is 6.92 Å². The number of amides is 1. The topological polar surface area (TPSA) is 99.4 Å². The fourth-order valence-electron chi connectivity index (χ4n) is 2.70. The Kier molecular flexibility index (Phi) is 8.54. The summed E-state index contributed by atoms with van der Waals surface area (Å²) >= 11 is 8.96. The number of furan rings is 1. The van der Waals surface area contributed by atoms with Crippen LogP contribution in [0.15, 0.2) is 48.8 Å². The van der Waals surface area contributed by atoms with Gasteiger partial charge < -0.3 is 18.6 Å². The van der Waals surface area contributed by atoms with Gasteiger partial charge in [-0.25, -0.2) is 10.2 Å². The van der Waals surface area contributed by atoms with Crippen LogP contribution in [0.5, 0.6) is 11.5 Å². The molecule has 0 spiro atoms. The molecular formula is C21H17Br2IN2O6. The molecule has 0 fully saturated rings. The molecule has 0 aliphatic rings. The Morgan fingerprint density at radius 1 is 1.22 bits per heavy atom. The van der Waals surface area contributed by atoms with Crippen molar-refractivity contribution in [3.05, 3.63) is 54.2 Å². The molecule has 11 heteroatoms. The zero-order valence-corrected chi connectivity index (χ0v) is 22.2. The van der Waals surface area contributed by atoms with Gasteiger partial charge in [-0.1, -0.05) is 15.9 Å². The minimum Gasteiger partial charge on any atom is -0.493 e. The van der Waals surface area contributed by atoms with Crippen molar-refractivity contribution in [3.63, 3.8) is 0 Å². The largest absolute Gasteiger partial charge is 0.493 e. The molecule has 1 aromatic heterocycles. The smallest absolute Gasteiger partial charge is 0.344 e. The molecule has 0 atom stereocenters. The van der Waals surface area contributed by atoms with Crippen molar-refractivity contribution >= 4 is 83.5 Å². The van der Waals surface area contributed by atoms with Crippen LogP contribution in [-0.4, -0.2) is 38.4 Å². The molecule has 32 heavy (non-hydrogen) atoms. The third kappa shape index (κ3) is 6.01. The van der Waals surface area contributed by atoms with Crippen LogP contribution in [0.25, 0.3) is 11.0 Å². The summed E-state index contributed by atoms with van der Waals surface area (Å²) in [7, 11) is 1.48. The van der Waals surface area contributed by atoms with Gasteiger partial charge in [-0.3, -0.25) is 4.79 Å². The van der Waals surface area contributed by atoms with Crippen molar-refractivity contribution < 1.29 is 28.2 Å².